The van der Waals surface area contributed by atoms with Crippen molar-refractivity contribution in [2.24, 2.45) is 0 Å². The molecule has 4 nitrogen and oxygen atoms in total. The van der Waals surface area contributed by atoms with Crippen molar-refractivity contribution in [2.75, 3.05) is 13.9 Å². The van der Waals surface area contributed by atoms with Crippen molar-refractivity contribution in [1.82, 2.24) is 0 Å². The summed E-state index contributed by atoms with van der Waals surface area (Å²) < 4.78 is 16.6. The Bertz CT molecular complexity index is 532. The molecule has 1 aliphatic rings. The number of benzene rings is 1. The number of carbonyl (C=O) groups excluding carboxylic acids is 1. The maximum Gasteiger partial charge on any atom is 0.188 e. The maximum absolute atomic E-state index is 11.4. The second-order valence-corrected chi connectivity index (χ2v) is 5.83. The van der Waals surface area contributed by atoms with Crippen LogP contribution in [0.5, 0.6) is 11.5 Å². The molecule has 2 rings (SSSR count). The Morgan fingerprint density at radius 3 is 2.60 bits per heavy atom. The highest BCUT2D eigenvalue weighted by Gasteiger charge is 2.31. The van der Waals surface area contributed by atoms with Gasteiger partial charge in [0.2, 0.25) is 0 Å². The van der Waals surface area contributed by atoms with Gasteiger partial charge in [-0.3, -0.25) is 4.79 Å². The minimum atomic E-state index is -0.195. The lowest BCUT2D eigenvalue weighted by molar-refractivity contribution is 0.0489. The Morgan fingerprint density at radius 1 is 1.30 bits per heavy atom. The lowest BCUT2D eigenvalue weighted by Crippen LogP contribution is -2.33. The summed E-state index contributed by atoms with van der Waals surface area (Å²) in [6.07, 6.45) is 2.71. The lowest BCUT2D eigenvalue weighted by Gasteiger charge is -2.35. The number of methoxy groups -OCH3 is 1. The van der Waals surface area contributed by atoms with Crippen molar-refractivity contribution >= 4 is 6.29 Å². The van der Waals surface area contributed by atoms with Crippen molar-refractivity contribution in [1.29, 1.82) is 0 Å². The highest BCUT2D eigenvalue weighted by molar-refractivity contribution is 5.85. The third-order valence-corrected chi connectivity index (χ3v) is 3.85. The zero-order valence-electron chi connectivity index (χ0n) is 12.8. The van der Waals surface area contributed by atoms with Crippen LogP contribution in [0.1, 0.15) is 47.3 Å². The molecule has 110 valence electrons. The highest BCUT2D eigenvalue weighted by atomic mass is 16.7. The van der Waals surface area contributed by atoms with Gasteiger partial charge < -0.3 is 14.2 Å². The monoisotopic (exact) mass is 278 g/mol. The molecule has 0 saturated heterocycles. The molecule has 0 unspecified atom stereocenters. The number of hydrogen-bond acceptors (Lipinski definition) is 4. The van der Waals surface area contributed by atoms with Gasteiger partial charge in [-0.05, 0) is 46.1 Å². The zero-order valence-corrected chi connectivity index (χ0v) is 12.8. The molecule has 1 aliphatic heterocycles. The predicted octanol–water partition coefficient (Wildman–Crippen LogP) is 3.20. The highest BCUT2D eigenvalue weighted by Crippen LogP contribution is 2.43. The first kappa shape index (κ1) is 14.9. The number of rotatable bonds is 4. The van der Waals surface area contributed by atoms with Crippen molar-refractivity contribution in [3.8, 4) is 11.5 Å². The zero-order chi connectivity index (χ0) is 14.9. The first-order valence-corrected chi connectivity index (χ1v) is 6.83. The average molecular weight is 278 g/mol. The van der Waals surface area contributed by atoms with Gasteiger partial charge in [-0.15, -0.1) is 0 Å². The average Bonchev–Trinajstić information content (AvgIpc) is 2.40. The minimum Gasteiger partial charge on any atom is -0.487 e. The molecule has 0 aliphatic carbocycles. The minimum absolute atomic E-state index is 0.131. The summed E-state index contributed by atoms with van der Waals surface area (Å²) in [6.45, 7) is 8.15. The standard InChI is InChI=1S/C16H22O4/c1-10-12-6-7-16(3,4)20-15(12)11(2)13(8-17)14(10)19-9-18-5/h8H,6-7,9H2,1-5H3. The van der Waals surface area contributed by atoms with E-state index in [2.05, 4.69) is 13.8 Å². The van der Waals surface area contributed by atoms with Crippen LogP contribution in [0, 0.1) is 13.8 Å². The van der Waals surface area contributed by atoms with E-state index in [4.69, 9.17) is 14.2 Å². The van der Waals surface area contributed by atoms with Crippen molar-refractivity contribution in [3.05, 3.63) is 22.3 Å². The van der Waals surface area contributed by atoms with Gasteiger partial charge in [0.05, 0.1) is 5.56 Å². The van der Waals surface area contributed by atoms with Gasteiger partial charge >= 0.3 is 0 Å². The molecule has 1 heterocycles. The molecule has 0 amide bonds. The fraction of sp³-hybridized carbons (Fsp3) is 0.562. The first-order valence-electron chi connectivity index (χ1n) is 6.83. The Hall–Kier alpha value is -1.55. The molecule has 0 aromatic heterocycles. The second kappa shape index (κ2) is 5.44. The molecular weight excluding hydrogens is 256 g/mol. The number of carbonyl (C=O) groups is 1. The molecule has 0 radical (unpaired) electrons. The van der Waals surface area contributed by atoms with Crippen molar-refractivity contribution in [3.63, 3.8) is 0 Å². The van der Waals surface area contributed by atoms with Crippen LogP contribution in [0.4, 0.5) is 0 Å². The molecule has 1 aromatic carbocycles. The summed E-state index contributed by atoms with van der Waals surface area (Å²) in [4.78, 5) is 11.4. The van der Waals surface area contributed by atoms with Crippen LogP contribution in [0.25, 0.3) is 0 Å². The van der Waals surface area contributed by atoms with E-state index >= 15 is 0 Å². The SMILES string of the molecule is COCOc1c(C)c2c(c(C)c1C=O)OC(C)(C)CC2. The number of fused-ring (bicyclic) bond motifs is 1. The van der Waals surface area contributed by atoms with Crippen LogP contribution in [-0.2, 0) is 11.2 Å². The van der Waals surface area contributed by atoms with E-state index in [9.17, 15) is 4.79 Å². The molecular formula is C16H22O4. The number of ether oxygens (including phenoxy) is 3. The Morgan fingerprint density at radius 2 is 2.00 bits per heavy atom. The molecule has 20 heavy (non-hydrogen) atoms. The molecule has 4 heteroatoms. The summed E-state index contributed by atoms with van der Waals surface area (Å²) >= 11 is 0. The van der Waals surface area contributed by atoms with E-state index in [0.29, 0.717) is 11.3 Å². The van der Waals surface area contributed by atoms with E-state index in [0.717, 1.165) is 41.6 Å². The van der Waals surface area contributed by atoms with Crippen molar-refractivity contribution < 1.29 is 19.0 Å². The van der Waals surface area contributed by atoms with Gasteiger partial charge in [0, 0.05) is 18.2 Å². The van der Waals surface area contributed by atoms with E-state index in [-0.39, 0.29) is 12.4 Å². The maximum atomic E-state index is 11.4. The van der Waals surface area contributed by atoms with Crippen molar-refractivity contribution in [2.45, 2.75) is 46.1 Å². The van der Waals surface area contributed by atoms with Gasteiger partial charge in [0.25, 0.3) is 0 Å². The summed E-state index contributed by atoms with van der Waals surface area (Å²) in [7, 11) is 1.56. The van der Waals surface area contributed by atoms with Crippen LogP contribution in [-0.4, -0.2) is 25.8 Å². The number of hydrogen-bond donors (Lipinski definition) is 0. The van der Waals surface area contributed by atoms with Crippen LogP contribution in [0.2, 0.25) is 0 Å². The molecule has 0 bridgehead atoms. The molecule has 0 N–H and O–H groups in total. The fourth-order valence-electron chi connectivity index (χ4n) is 2.67. The van der Waals surface area contributed by atoms with E-state index < -0.39 is 0 Å². The fourth-order valence-corrected chi connectivity index (χ4v) is 2.67. The van der Waals surface area contributed by atoms with E-state index in [1.165, 1.54) is 0 Å². The molecule has 1 aromatic rings. The van der Waals surface area contributed by atoms with Gasteiger partial charge in [-0.1, -0.05) is 0 Å². The predicted molar refractivity (Wildman–Crippen MR) is 76.8 cm³/mol. The van der Waals surface area contributed by atoms with Crippen LogP contribution < -0.4 is 9.47 Å². The molecule has 0 saturated carbocycles. The Balaban J connectivity index is 2.58. The first-order chi connectivity index (χ1) is 9.41. The lowest BCUT2D eigenvalue weighted by atomic mass is 9.88. The van der Waals surface area contributed by atoms with Crippen LogP contribution in [0.3, 0.4) is 0 Å². The second-order valence-electron chi connectivity index (χ2n) is 5.83. The molecule has 0 atom stereocenters. The third kappa shape index (κ3) is 2.52. The van der Waals surface area contributed by atoms with E-state index in [1.807, 2.05) is 13.8 Å². The molecule has 0 spiro atoms. The van der Waals surface area contributed by atoms with Gasteiger partial charge in [-0.25, -0.2) is 0 Å². The third-order valence-electron chi connectivity index (χ3n) is 3.85. The summed E-state index contributed by atoms with van der Waals surface area (Å²) in [5, 5.41) is 0. The normalized spacial score (nSPS) is 16.2. The van der Waals surface area contributed by atoms with Gasteiger partial charge in [0.1, 0.15) is 17.1 Å². The van der Waals surface area contributed by atoms with Gasteiger partial charge in [-0.2, -0.15) is 0 Å². The Kier molecular flexibility index (Phi) is 4.04. The number of aldehydes is 1. The molecule has 0 fully saturated rings. The van der Waals surface area contributed by atoms with E-state index in [1.54, 1.807) is 7.11 Å². The van der Waals surface area contributed by atoms with Crippen LogP contribution >= 0.6 is 0 Å². The summed E-state index contributed by atoms with van der Waals surface area (Å²) in [5.74, 6) is 1.45. The summed E-state index contributed by atoms with van der Waals surface area (Å²) in [5.41, 5.74) is 3.31. The quantitative estimate of drug-likeness (QED) is 0.626. The topological polar surface area (TPSA) is 44.8 Å². The largest absolute Gasteiger partial charge is 0.487 e. The Labute approximate surface area is 120 Å². The van der Waals surface area contributed by atoms with Gasteiger partial charge in [0.15, 0.2) is 13.1 Å². The van der Waals surface area contributed by atoms with Crippen LogP contribution in [0.15, 0.2) is 0 Å². The smallest absolute Gasteiger partial charge is 0.188 e. The summed E-state index contributed by atoms with van der Waals surface area (Å²) in [6, 6.07) is 0.